The summed E-state index contributed by atoms with van der Waals surface area (Å²) in [6.45, 7) is -0.539. The molecular weight excluding hydrogens is 212 g/mol. The van der Waals surface area contributed by atoms with E-state index in [-0.39, 0.29) is 12.5 Å². The molecule has 0 atom stereocenters. The van der Waals surface area contributed by atoms with Crippen LogP contribution in [0.2, 0.25) is 0 Å². The predicted octanol–water partition coefficient (Wildman–Crippen LogP) is 0.0788. The molecular formula is C10H10N2O4. The predicted molar refractivity (Wildman–Crippen MR) is 56.3 cm³/mol. The zero-order chi connectivity index (χ0) is 11.7. The summed E-state index contributed by atoms with van der Waals surface area (Å²) in [5.41, 5.74) is 6.43. The average molecular weight is 222 g/mol. The first-order valence-electron chi connectivity index (χ1n) is 4.62. The highest BCUT2D eigenvalue weighted by atomic mass is 16.5. The lowest BCUT2D eigenvalue weighted by molar-refractivity contribution is -0.137. The first kappa shape index (κ1) is 10.3. The van der Waals surface area contributed by atoms with Crippen molar-refractivity contribution in [1.29, 1.82) is 0 Å². The molecule has 6 nitrogen and oxygen atoms in total. The number of amides is 1. The van der Waals surface area contributed by atoms with Crippen molar-refractivity contribution in [2.75, 3.05) is 23.8 Å². The number of aliphatic carboxylic acids is 1. The number of carbonyl (C=O) groups excluding carboxylic acids is 1. The maximum absolute atomic E-state index is 11.5. The van der Waals surface area contributed by atoms with Crippen LogP contribution in [0.4, 0.5) is 11.4 Å². The SMILES string of the molecule is Nc1ccc2c(c1)N(CC(=O)O)C(=O)CO2. The molecule has 1 aliphatic rings. The van der Waals surface area contributed by atoms with Crippen molar-refractivity contribution in [2.24, 2.45) is 0 Å². The Hall–Kier alpha value is -2.24. The Balaban J connectivity index is 2.42. The van der Waals surface area contributed by atoms with E-state index in [4.69, 9.17) is 15.6 Å². The molecule has 0 saturated heterocycles. The molecule has 0 aliphatic carbocycles. The minimum Gasteiger partial charge on any atom is -0.482 e. The standard InChI is InChI=1S/C10H10N2O4/c11-6-1-2-8-7(3-6)12(4-10(14)15)9(13)5-16-8/h1-3H,4-5,11H2,(H,14,15). The highest BCUT2D eigenvalue weighted by Gasteiger charge is 2.27. The third kappa shape index (κ3) is 1.77. The summed E-state index contributed by atoms with van der Waals surface area (Å²) in [4.78, 5) is 23.3. The van der Waals surface area contributed by atoms with Crippen LogP contribution < -0.4 is 15.4 Å². The molecule has 2 rings (SSSR count). The van der Waals surface area contributed by atoms with Crippen molar-refractivity contribution < 1.29 is 19.4 Å². The molecule has 0 unspecified atom stereocenters. The molecule has 0 bridgehead atoms. The molecule has 1 amide bonds. The Morgan fingerprint density at radius 3 is 3.00 bits per heavy atom. The monoisotopic (exact) mass is 222 g/mol. The summed E-state index contributed by atoms with van der Waals surface area (Å²) in [5.74, 6) is -1.00. The van der Waals surface area contributed by atoms with Crippen LogP contribution in [-0.2, 0) is 9.59 Å². The molecule has 1 aromatic carbocycles. The fraction of sp³-hybridized carbons (Fsp3) is 0.200. The number of hydrogen-bond acceptors (Lipinski definition) is 4. The van der Waals surface area contributed by atoms with Crippen LogP contribution in [0.5, 0.6) is 5.75 Å². The van der Waals surface area contributed by atoms with E-state index in [1.54, 1.807) is 12.1 Å². The van der Waals surface area contributed by atoms with Gasteiger partial charge in [-0.05, 0) is 18.2 Å². The molecule has 1 aromatic rings. The molecule has 0 fully saturated rings. The van der Waals surface area contributed by atoms with Gasteiger partial charge in [0.25, 0.3) is 5.91 Å². The summed E-state index contributed by atoms with van der Waals surface area (Å²) in [5, 5.41) is 8.71. The normalized spacial score (nSPS) is 14.2. The average Bonchev–Trinajstić information content (AvgIpc) is 2.22. The van der Waals surface area contributed by atoms with E-state index in [0.717, 1.165) is 4.90 Å². The topological polar surface area (TPSA) is 92.9 Å². The highest BCUT2D eigenvalue weighted by Crippen LogP contribution is 2.33. The van der Waals surface area contributed by atoms with Gasteiger partial charge in [-0.2, -0.15) is 0 Å². The second-order valence-electron chi connectivity index (χ2n) is 3.39. The smallest absolute Gasteiger partial charge is 0.323 e. The van der Waals surface area contributed by atoms with E-state index in [1.807, 2.05) is 0 Å². The number of ether oxygens (including phenoxy) is 1. The number of carboxylic acids is 1. The molecule has 16 heavy (non-hydrogen) atoms. The van der Waals surface area contributed by atoms with E-state index in [9.17, 15) is 9.59 Å². The summed E-state index contributed by atoms with van der Waals surface area (Å²) in [6, 6.07) is 4.77. The summed E-state index contributed by atoms with van der Waals surface area (Å²) in [7, 11) is 0. The van der Waals surface area contributed by atoms with Crippen LogP contribution >= 0.6 is 0 Å². The fourth-order valence-corrected chi connectivity index (χ4v) is 1.53. The van der Waals surface area contributed by atoms with E-state index >= 15 is 0 Å². The van der Waals surface area contributed by atoms with Gasteiger partial charge >= 0.3 is 5.97 Å². The maximum Gasteiger partial charge on any atom is 0.323 e. The Morgan fingerprint density at radius 2 is 2.31 bits per heavy atom. The molecule has 0 saturated carbocycles. The van der Waals surface area contributed by atoms with Gasteiger partial charge in [-0.3, -0.25) is 14.5 Å². The lowest BCUT2D eigenvalue weighted by Gasteiger charge is -2.28. The zero-order valence-corrected chi connectivity index (χ0v) is 8.34. The first-order valence-corrected chi connectivity index (χ1v) is 4.62. The second-order valence-corrected chi connectivity index (χ2v) is 3.39. The third-order valence-electron chi connectivity index (χ3n) is 2.22. The molecule has 0 aromatic heterocycles. The van der Waals surface area contributed by atoms with Gasteiger partial charge in [0.05, 0.1) is 5.69 Å². The minimum atomic E-state index is -1.08. The van der Waals surface area contributed by atoms with E-state index in [1.165, 1.54) is 6.07 Å². The van der Waals surface area contributed by atoms with Crippen molar-refractivity contribution in [2.45, 2.75) is 0 Å². The number of hydrogen-bond donors (Lipinski definition) is 2. The van der Waals surface area contributed by atoms with Crippen molar-refractivity contribution in [3.05, 3.63) is 18.2 Å². The van der Waals surface area contributed by atoms with Crippen LogP contribution in [0, 0.1) is 0 Å². The molecule has 1 aliphatic heterocycles. The highest BCUT2D eigenvalue weighted by molar-refractivity contribution is 6.01. The number of nitrogens with two attached hydrogens (primary N) is 1. The maximum atomic E-state index is 11.5. The third-order valence-corrected chi connectivity index (χ3v) is 2.22. The van der Waals surface area contributed by atoms with Crippen LogP contribution in [0.15, 0.2) is 18.2 Å². The van der Waals surface area contributed by atoms with Gasteiger partial charge in [0.1, 0.15) is 12.3 Å². The number of benzene rings is 1. The lowest BCUT2D eigenvalue weighted by Crippen LogP contribution is -2.41. The Morgan fingerprint density at radius 1 is 1.56 bits per heavy atom. The zero-order valence-electron chi connectivity index (χ0n) is 8.34. The number of carbonyl (C=O) groups is 2. The molecule has 1 heterocycles. The first-order chi connectivity index (χ1) is 7.58. The fourth-order valence-electron chi connectivity index (χ4n) is 1.53. The summed E-state index contributed by atoms with van der Waals surface area (Å²) >= 11 is 0. The van der Waals surface area contributed by atoms with Gasteiger partial charge in [0.15, 0.2) is 6.61 Å². The number of carboxylic acid groups (broad SMARTS) is 1. The minimum absolute atomic E-state index is 0.149. The Labute approximate surface area is 91.2 Å². The quantitative estimate of drug-likeness (QED) is 0.691. The Kier molecular flexibility index (Phi) is 2.40. The van der Waals surface area contributed by atoms with Gasteiger partial charge in [-0.15, -0.1) is 0 Å². The van der Waals surface area contributed by atoms with Gasteiger partial charge < -0.3 is 15.6 Å². The van der Waals surface area contributed by atoms with Crippen molar-refractivity contribution >= 4 is 23.3 Å². The van der Waals surface area contributed by atoms with E-state index in [2.05, 4.69) is 0 Å². The van der Waals surface area contributed by atoms with Gasteiger partial charge in [-0.1, -0.05) is 0 Å². The summed E-state index contributed by atoms with van der Waals surface area (Å²) in [6.07, 6.45) is 0. The molecule has 0 radical (unpaired) electrons. The lowest BCUT2D eigenvalue weighted by atomic mass is 10.2. The second kappa shape index (κ2) is 3.73. The molecule has 6 heteroatoms. The van der Waals surface area contributed by atoms with Crippen LogP contribution in [0.1, 0.15) is 0 Å². The van der Waals surface area contributed by atoms with Crippen LogP contribution in [-0.4, -0.2) is 30.1 Å². The van der Waals surface area contributed by atoms with Crippen molar-refractivity contribution in [1.82, 2.24) is 0 Å². The molecule has 84 valence electrons. The van der Waals surface area contributed by atoms with Gasteiger partial charge in [-0.25, -0.2) is 0 Å². The number of rotatable bonds is 2. The largest absolute Gasteiger partial charge is 0.482 e. The number of fused-ring (bicyclic) bond motifs is 1. The molecule has 0 spiro atoms. The summed E-state index contributed by atoms with van der Waals surface area (Å²) < 4.78 is 5.16. The van der Waals surface area contributed by atoms with Crippen molar-refractivity contribution in [3.8, 4) is 5.75 Å². The number of anilines is 2. The number of nitrogens with zero attached hydrogens (tertiary/aromatic N) is 1. The van der Waals surface area contributed by atoms with Crippen molar-refractivity contribution in [3.63, 3.8) is 0 Å². The molecule has 3 N–H and O–H groups in total. The Bertz CT molecular complexity index is 458. The van der Waals surface area contributed by atoms with Crippen LogP contribution in [0.25, 0.3) is 0 Å². The van der Waals surface area contributed by atoms with E-state index < -0.39 is 12.5 Å². The van der Waals surface area contributed by atoms with E-state index in [0.29, 0.717) is 17.1 Å². The number of nitrogen functional groups attached to an aromatic ring is 1. The van der Waals surface area contributed by atoms with Gasteiger partial charge in [0.2, 0.25) is 0 Å². The van der Waals surface area contributed by atoms with Crippen LogP contribution in [0.3, 0.4) is 0 Å². The van der Waals surface area contributed by atoms with Gasteiger partial charge in [0, 0.05) is 5.69 Å².